The topological polar surface area (TPSA) is 35.6 Å². The second-order valence-corrected chi connectivity index (χ2v) is 6.17. The van der Waals surface area contributed by atoms with Crippen LogP contribution in [0.2, 0.25) is 0 Å². The Kier molecular flexibility index (Phi) is 6.21. The molecule has 21 heavy (non-hydrogen) atoms. The molecule has 0 radical (unpaired) electrons. The van der Waals surface area contributed by atoms with Crippen LogP contribution in [0.1, 0.15) is 19.4 Å². The van der Waals surface area contributed by atoms with E-state index in [2.05, 4.69) is 48.3 Å². The maximum absolute atomic E-state index is 12.1. The first-order valence-corrected chi connectivity index (χ1v) is 7.90. The zero-order chi connectivity index (χ0) is 15.1. The van der Waals surface area contributed by atoms with Crippen LogP contribution in [0.25, 0.3) is 0 Å². The molecular weight excluding hydrogens is 262 g/mol. The Labute approximate surface area is 128 Å². The second kappa shape index (κ2) is 8.15. The molecule has 116 valence electrons. The van der Waals surface area contributed by atoms with Crippen LogP contribution >= 0.6 is 0 Å². The molecule has 0 unspecified atom stereocenters. The van der Waals surface area contributed by atoms with Gasteiger partial charge in [0.25, 0.3) is 0 Å². The van der Waals surface area contributed by atoms with E-state index in [-0.39, 0.29) is 5.91 Å². The van der Waals surface area contributed by atoms with Crippen molar-refractivity contribution >= 4 is 5.91 Å². The van der Waals surface area contributed by atoms with Crippen molar-refractivity contribution in [3.63, 3.8) is 0 Å². The van der Waals surface area contributed by atoms with Crippen LogP contribution in [0, 0.1) is 5.92 Å². The van der Waals surface area contributed by atoms with Gasteiger partial charge in [0.1, 0.15) is 0 Å². The van der Waals surface area contributed by atoms with Crippen LogP contribution in [0.3, 0.4) is 0 Å². The molecule has 1 aliphatic rings. The first-order chi connectivity index (χ1) is 10.1. The summed E-state index contributed by atoms with van der Waals surface area (Å²) in [5.41, 5.74) is 1.34. The van der Waals surface area contributed by atoms with Gasteiger partial charge in [0.2, 0.25) is 5.91 Å². The molecule has 1 saturated heterocycles. The van der Waals surface area contributed by atoms with Crippen molar-refractivity contribution in [1.82, 2.24) is 15.1 Å². The highest BCUT2D eigenvalue weighted by Gasteiger charge is 2.20. The van der Waals surface area contributed by atoms with Crippen molar-refractivity contribution in [1.29, 1.82) is 0 Å². The zero-order valence-electron chi connectivity index (χ0n) is 13.2. The molecule has 1 aliphatic heterocycles. The van der Waals surface area contributed by atoms with Gasteiger partial charge in [0.15, 0.2) is 0 Å². The van der Waals surface area contributed by atoms with Crippen molar-refractivity contribution in [3.8, 4) is 0 Å². The molecule has 1 aromatic carbocycles. The molecule has 0 atom stereocenters. The summed E-state index contributed by atoms with van der Waals surface area (Å²) in [4.78, 5) is 16.5. The Morgan fingerprint density at radius 3 is 2.43 bits per heavy atom. The molecule has 4 nitrogen and oxygen atoms in total. The van der Waals surface area contributed by atoms with Crippen molar-refractivity contribution in [2.75, 3.05) is 39.3 Å². The third-order valence-electron chi connectivity index (χ3n) is 3.80. The van der Waals surface area contributed by atoms with Crippen molar-refractivity contribution in [3.05, 3.63) is 35.9 Å². The lowest BCUT2D eigenvalue weighted by atomic mass is 10.2. The molecule has 0 bridgehead atoms. The third kappa shape index (κ3) is 5.48. The average molecular weight is 289 g/mol. The largest absolute Gasteiger partial charge is 0.339 e. The van der Waals surface area contributed by atoms with Crippen LogP contribution in [0.5, 0.6) is 0 Å². The molecule has 1 fully saturated rings. The van der Waals surface area contributed by atoms with Gasteiger partial charge >= 0.3 is 0 Å². The quantitative estimate of drug-likeness (QED) is 0.863. The predicted molar refractivity (Wildman–Crippen MR) is 86.0 cm³/mol. The molecule has 0 aromatic heterocycles. The van der Waals surface area contributed by atoms with Gasteiger partial charge in [-0.05, 0) is 18.0 Å². The Balaban J connectivity index is 1.69. The van der Waals surface area contributed by atoms with Gasteiger partial charge in [-0.25, -0.2) is 0 Å². The van der Waals surface area contributed by atoms with Crippen molar-refractivity contribution in [2.45, 2.75) is 20.4 Å². The lowest BCUT2D eigenvalue weighted by Crippen LogP contribution is -2.50. The summed E-state index contributed by atoms with van der Waals surface area (Å²) in [5, 5.41) is 3.23. The summed E-state index contributed by atoms with van der Waals surface area (Å²) in [6.07, 6.45) is 0. The minimum atomic E-state index is 0.231. The minimum Gasteiger partial charge on any atom is -0.339 e. The van der Waals surface area contributed by atoms with Crippen LogP contribution in [0.4, 0.5) is 0 Å². The van der Waals surface area contributed by atoms with E-state index in [1.165, 1.54) is 5.56 Å². The maximum Gasteiger partial charge on any atom is 0.236 e. The van der Waals surface area contributed by atoms with E-state index in [9.17, 15) is 4.79 Å². The molecule has 0 aliphatic carbocycles. The molecule has 2 rings (SSSR count). The molecule has 4 heteroatoms. The van der Waals surface area contributed by atoms with E-state index >= 15 is 0 Å². The number of benzene rings is 1. The second-order valence-electron chi connectivity index (χ2n) is 6.17. The number of piperazine rings is 1. The number of nitrogens with zero attached hydrogens (tertiary/aromatic N) is 2. The summed E-state index contributed by atoms with van der Waals surface area (Å²) in [6, 6.07) is 10.5. The zero-order valence-corrected chi connectivity index (χ0v) is 13.2. The summed E-state index contributed by atoms with van der Waals surface area (Å²) in [6.45, 7) is 10.3. The smallest absolute Gasteiger partial charge is 0.236 e. The lowest BCUT2D eigenvalue weighted by Gasteiger charge is -2.34. The molecule has 0 spiro atoms. The van der Waals surface area contributed by atoms with Crippen LogP contribution in [0.15, 0.2) is 30.3 Å². The van der Waals surface area contributed by atoms with Gasteiger partial charge < -0.3 is 10.2 Å². The fourth-order valence-corrected chi connectivity index (χ4v) is 2.58. The maximum atomic E-state index is 12.1. The van der Waals surface area contributed by atoms with E-state index < -0.39 is 0 Å². The van der Waals surface area contributed by atoms with Gasteiger partial charge in [-0.2, -0.15) is 0 Å². The van der Waals surface area contributed by atoms with E-state index in [1.54, 1.807) is 0 Å². The van der Waals surface area contributed by atoms with E-state index in [0.29, 0.717) is 12.5 Å². The number of nitrogens with one attached hydrogen (secondary N) is 1. The van der Waals surface area contributed by atoms with Gasteiger partial charge in [-0.3, -0.25) is 9.69 Å². The average Bonchev–Trinajstić information content (AvgIpc) is 2.48. The SMILES string of the molecule is CC(C)CNCC(=O)N1CCN(Cc2ccccc2)CC1. The highest BCUT2D eigenvalue weighted by atomic mass is 16.2. The summed E-state index contributed by atoms with van der Waals surface area (Å²) in [5.74, 6) is 0.815. The van der Waals surface area contributed by atoms with Crippen LogP contribution in [-0.4, -0.2) is 55.0 Å². The highest BCUT2D eigenvalue weighted by molar-refractivity contribution is 5.78. The van der Waals surface area contributed by atoms with Crippen LogP contribution < -0.4 is 5.32 Å². The first-order valence-electron chi connectivity index (χ1n) is 7.90. The van der Waals surface area contributed by atoms with E-state index in [4.69, 9.17) is 0 Å². The summed E-state index contributed by atoms with van der Waals surface area (Å²) < 4.78 is 0. The van der Waals surface area contributed by atoms with Crippen molar-refractivity contribution in [2.24, 2.45) is 5.92 Å². The fourth-order valence-electron chi connectivity index (χ4n) is 2.58. The number of rotatable bonds is 6. The standard InChI is InChI=1S/C17H27N3O/c1-15(2)12-18-13-17(21)20-10-8-19(9-11-20)14-16-6-4-3-5-7-16/h3-7,15,18H,8-14H2,1-2H3. The molecule has 1 amide bonds. The van der Waals surface area contributed by atoms with Gasteiger partial charge in [-0.15, -0.1) is 0 Å². The third-order valence-corrected chi connectivity index (χ3v) is 3.80. The Morgan fingerprint density at radius 1 is 1.14 bits per heavy atom. The van der Waals surface area contributed by atoms with Gasteiger partial charge in [0.05, 0.1) is 6.54 Å². The molecule has 0 saturated carbocycles. The van der Waals surface area contributed by atoms with Gasteiger partial charge in [-0.1, -0.05) is 44.2 Å². The summed E-state index contributed by atoms with van der Waals surface area (Å²) >= 11 is 0. The number of hydrogen-bond acceptors (Lipinski definition) is 3. The number of hydrogen-bond donors (Lipinski definition) is 1. The van der Waals surface area contributed by atoms with E-state index in [0.717, 1.165) is 39.3 Å². The summed E-state index contributed by atoms with van der Waals surface area (Å²) in [7, 11) is 0. The number of amides is 1. The van der Waals surface area contributed by atoms with E-state index in [1.807, 2.05) is 11.0 Å². The number of carbonyl (C=O) groups is 1. The van der Waals surface area contributed by atoms with Gasteiger partial charge in [0, 0.05) is 32.7 Å². The minimum absolute atomic E-state index is 0.231. The fraction of sp³-hybridized carbons (Fsp3) is 0.588. The molecule has 1 aromatic rings. The molecule has 1 N–H and O–H groups in total. The molecular formula is C17H27N3O. The Morgan fingerprint density at radius 2 is 1.81 bits per heavy atom. The first kappa shape index (κ1) is 16.0. The Hall–Kier alpha value is -1.39. The predicted octanol–water partition coefficient (Wildman–Crippen LogP) is 1.58. The monoisotopic (exact) mass is 289 g/mol. The number of carbonyl (C=O) groups excluding carboxylic acids is 1. The Bertz CT molecular complexity index is 425. The lowest BCUT2D eigenvalue weighted by molar-refractivity contribution is -0.132. The highest BCUT2D eigenvalue weighted by Crippen LogP contribution is 2.08. The van der Waals surface area contributed by atoms with Crippen molar-refractivity contribution < 1.29 is 4.79 Å². The normalized spacial score (nSPS) is 16.4. The van der Waals surface area contributed by atoms with Crippen LogP contribution in [-0.2, 0) is 11.3 Å². The molecule has 1 heterocycles.